The van der Waals surface area contributed by atoms with Crippen molar-refractivity contribution in [3.8, 4) is 0 Å². The van der Waals surface area contributed by atoms with E-state index in [1.54, 1.807) is 5.01 Å². The van der Waals surface area contributed by atoms with Gasteiger partial charge in [-0.15, -0.1) is 0 Å². The minimum atomic E-state index is -1.09. The molecule has 0 bridgehead atoms. The molecule has 3 N–H and O–H groups in total. The summed E-state index contributed by atoms with van der Waals surface area (Å²) in [5, 5.41) is 1.74. The van der Waals surface area contributed by atoms with E-state index in [-0.39, 0.29) is 11.3 Å². The highest BCUT2D eigenvalue weighted by Crippen LogP contribution is 2.17. The number of nitrogens with zero attached hydrogens (tertiary/aromatic N) is 2. The van der Waals surface area contributed by atoms with Gasteiger partial charge < -0.3 is 10.6 Å². The molecule has 0 aliphatic carbocycles. The van der Waals surface area contributed by atoms with Crippen LogP contribution < -0.4 is 11.2 Å². The number of nitrogen functional groups attached to an aromatic ring is 1. The topological polar surface area (TPSA) is 61.6 Å². The maximum atomic E-state index is 13.1. The van der Waals surface area contributed by atoms with Crippen LogP contribution in [0.25, 0.3) is 0 Å². The van der Waals surface area contributed by atoms with Crippen molar-refractivity contribution in [2.24, 2.45) is 0 Å². The molecule has 0 unspecified atom stereocenters. The summed E-state index contributed by atoms with van der Waals surface area (Å²) in [6.45, 7) is 3.00. The van der Waals surface area contributed by atoms with Crippen LogP contribution in [0, 0.1) is 11.6 Å². The summed E-state index contributed by atoms with van der Waals surface area (Å²) in [6.07, 6.45) is 0. The summed E-state index contributed by atoms with van der Waals surface area (Å²) >= 11 is 0. The lowest BCUT2D eigenvalue weighted by Crippen LogP contribution is -2.52. The zero-order chi connectivity index (χ0) is 14.0. The molecule has 0 saturated carbocycles. The molecule has 104 valence electrons. The Bertz CT molecular complexity index is 487. The first-order chi connectivity index (χ1) is 8.97. The molecule has 5 nitrogen and oxygen atoms in total. The lowest BCUT2D eigenvalue weighted by Gasteiger charge is -2.32. The number of amides is 1. The number of hydrogen-bond acceptors (Lipinski definition) is 4. The Hall–Kier alpha value is -1.73. The van der Waals surface area contributed by atoms with E-state index in [2.05, 4.69) is 10.3 Å². The summed E-state index contributed by atoms with van der Waals surface area (Å²) in [7, 11) is 1.99. The van der Waals surface area contributed by atoms with Crippen LogP contribution in [0.2, 0.25) is 0 Å². The van der Waals surface area contributed by atoms with Gasteiger partial charge in [-0.05, 0) is 13.1 Å². The molecule has 1 aromatic carbocycles. The van der Waals surface area contributed by atoms with Crippen LogP contribution in [0.15, 0.2) is 12.1 Å². The van der Waals surface area contributed by atoms with Crippen LogP contribution in [-0.2, 0) is 0 Å². The molecule has 1 aliphatic heterocycles. The number of carbonyl (C=O) groups is 1. The molecule has 0 spiro atoms. The number of likely N-dealkylation sites (N-methyl/N-ethyl adjacent to an activating group) is 1. The molecule has 7 heteroatoms. The minimum Gasteiger partial charge on any atom is -0.398 e. The number of hydrazine groups is 1. The molecule has 0 atom stereocenters. The van der Waals surface area contributed by atoms with Crippen LogP contribution in [-0.4, -0.2) is 49.0 Å². The van der Waals surface area contributed by atoms with E-state index < -0.39 is 17.5 Å². The second-order valence-corrected chi connectivity index (χ2v) is 4.58. The molecule has 1 fully saturated rings. The van der Waals surface area contributed by atoms with Gasteiger partial charge in [0, 0.05) is 37.9 Å². The Balaban J connectivity index is 2.06. The number of hydrogen-bond donors (Lipinski definition) is 2. The number of nitrogens with two attached hydrogens (primary N) is 1. The SMILES string of the molecule is CN1CCN(NC(=O)c2cc(F)c(F)cc2N)CC1. The molecule has 2 rings (SSSR count). The summed E-state index contributed by atoms with van der Waals surface area (Å²) in [4.78, 5) is 14.1. The molecule has 1 aliphatic rings. The van der Waals surface area contributed by atoms with Gasteiger partial charge in [-0.25, -0.2) is 13.8 Å². The third-order valence-electron chi connectivity index (χ3n) is 3.10. The largest absolute Gasteiger partial charge is 0.398 e. The van der Waals surface area contributed by atoms with Crippen molar-refractivity contribution in [3.63, 3.8) is 0 Å². The van der Waals surface area contributed by atoms with Crippen LogP contribution in [0.4, 0.5) is 14.5 Å². The van der Waals surface area contributed by atoms with Crippen LogP contribution >= 0.6 is 0 Å². The first-order valence-electron chi connectivity index (χ1n) is 5.96. The highest BCUT2D eigenvalue weighted by atomic mass is 19.2. The summed E-state index contributed by atoms with van der Waals surface area (Å²) in [6, 6.07) is 1.63. The first-order valence-corrected chi connectivity index (χ1v) is 5.96. The fraction of sp³-hybridized carbons (Fsp3) is 0.417. The lowest BCUT2D eigenvalue weighted by molar-refractivity contribution is 0.0663. The van der Waals surface area contributed by atoms with Gasteiger partial charge in [0.05, 0.1) is 5.56 Å². The highest BCUT2D eigenvalue weighted by molar-refractivity contribution is 5.98. The fourth-order valence-electron chi connectivity index (χ4n) is 1.88. The Morgan fingerprint density at radius 1 is 1.21 bits per heavy atom. The monoisotopic (exact) mass is 270 g/mol. The van der Waals surface area contributed by atoms with E-state index in [1.807, 2.05) is 7.05 Å². The van der Waals surface area contributed by atoms with E-state index in [0.717, 1.165) is 25.2 Å². The minimum absolute atomic E-state index is 0.0576. The van der Waals surface area contributed by atoms with Gasteiger partial charge in [0.25, 0.3) is 5.91 Å². The predicted octanol–water partition coefficient (Wildman–Crippen LogP) is 0.439. The predicted molar refractivity (Wildman–Crippen MR) is 67.3 cm³/mol. The Kier molecular flexibility index (Phi) is 3.96. The standard InChI is InChI=1S/C12H16F2N4O/c1-17-2-4-18(5-3-17)16-12(19)8-6-9(13)10(14)7-11(8)15/h6-7H,2-5,15H2,1H3,(H,16,19). The van der Waals surface area contributed by atoms with E-state index in [4.69, 9.17) is 5.73 Å². The fourth-order valence-corrected chi connectivity index (χ4v) is 1.88. The average Bonchev–Trinajstić information content (AvgIpc) is 2.36. The van der Waals surface area contributed by atoms with Gasteiger partial charge in [-0.1, -0.05) is 0 Å². The van der Waals surface area contributed by atoms with Crippen LogP contribution in [0.3, 0.4) is 0 Å². The van der Waals surface area contributed by atoms with E-state index >= 15 is 0 Å². The van der Waals surface area contributed by atoms with Gasteiger partial charge >= 0.3 is 0 Å². The molecular formula is C12H16F2N4O. The van der Waals surface area contributed by atoms with E-state index in [1.165, 1.54) is 0 Å². The van der Waals surface area contributed by atoms with Crippen molar-refractivity contribution in [1.82, 2.24) is 15.3 Å². The number of nitrogens with one attached hydrogen (secondary N) is 1. The summed E-state index contributed by atoms with van der Waals surface area (Å²) in [5.74, 6) is -2.67. The van der Waals surface area contributed by atoms with E-state index in [0.29, 0.717) is 13.1 Å². The van der Waals surface area contributed by atoms with Gasteiger partial charge in [0.2, 0.25) is 0 Å². The van der Waals surface area contributed by atoms with Gasteiger partial charge in [0.1, 0.15) is 0 Å². The molecule has 0 aromatic heterocycles. The average molecular weight is 270 g/mol. The number of benzene rings is 1. The highest BCUT2D eigenvalue weighted by Gasteiger charge is 2.19. The number of piperazine rings is 1. The number of rotatable bonds is 2. The van der Waals surface area contributed by atoms with Crippen molar-refractivity contribution in [2.75, 3.05) is 39.0 Å². The van der Waals surface area contributed by atoms with Crippen molar-refractivity contribution in [1.29, 1.82) is 0 Å². The maximum absolute atomic E-state index is 13.1. The van der Waals surface area contributed by atoms with Crippen molar-refractivity contribution in [2.45, 2.75) is 0 Å². The molecule has 0 radical (unpaired) electrons. The van der Waals surface area contributed by atoms with Gasteiger partial charge in [-0.2, -0.15) is 0 Å². The second-order valence-electron chi connectivity index (χ2n) is 4.58. The third kappa shape index (κ3) is 3.18. The summed E-state index contributed by atoms with van der Waals surface area (Å²) < 4.78 is 26.0. The maximum Gasteiger partial charge on any atom is 0.267 e. The summed E-state index contributed by atoms with van der Waals surface area (Å²) in [5.41, 5.74) is 8.03. The Labute approximate surface area is 109 Å². The first kappa shape index (κ1) is 13.7. The molecular weight excluding hydrogens is 254 g/mol. The lowest BCUT2D eigenvalue weighted by atomic mass is 10.1. The normalized spacial score (nSPS) is 17.4. The Morgan fingerprint density at radius 3 is 2.42 bits per heavy atom. The zero-order valence-corrected chi connectivity index (χ0v) is 10.6. The van der Waals surface area contributed by atoms with Gasteiger partial charge in [-0.3, -0.25) is 10.2 Å². The molecule has 1 aromatic rings. The molecule has 19 heavy (non-hydrogen) atoms. The number of carbonyl (C=O) groups excluding carboxylic acids is 1. The van der Waals surface area contributed by atoms with Crippen molar-refractivity contribution in [3.05, 3.63) is 29.3 Å². The van der Waals surface area contributed by atoms with Crippen molar-refractivity contribution < 1.29 is 13.6 Å². The van der Waals surface area contributed by atoms with Crippen LogP contribution in [0.5, 0.6) is 0 Å². The smallest absolute Gasteiger partial charge is 0.267 e. The molecule has 1 heterocycles. The molecule has 1 saturated heterocycles. The second kappa shape index (κ2) is 5.50. The van der Waals surface area contributed by atoms with Crippen LogP contribution in [0.1, 0.15) is 10.4 Å². The van der Waals surface area contributed by atoms with E-state index in [9.17, 15) is 13.6 Å². The van der Waals surface area contributed by atoms with Crippen molar-refractivity contribution >= 4 is 11.6 Å². The van der Waals surface area contributed by atoms with Gasteiger partial charge in [0.15, 0.2) is 11.6 Å². The third-order valence-corrected chi connectivity index (χ3v) is 3.10. The number of halogens is 2. The molecule has 1 amide bonds. The quantitative estimate of drug-likeness (QED) is 0.766. The zero-order valence-electron chi connectivity index (χ0n) is 10.6. The number of anilines is 1. The Morgan fingerprint density at radius 2 is 1.79 bits per heavy atom.